The van der Waals surface area contributed by atoms with Crippen molar-refractivity contribution in [2.45, 2.75) is 17.9 Å². The number of nitrogens with one attached hydrogen (secondary N) is 1. The summed E-state index contributed by atoms with van der Waals surface area (Å²) in [5.74, 6) is 0. The maximum atomic E-state index is 3.63. The molecule has 0 aliphatic carbocycles. The molecule has 0 amide bonds. The van der Waals surface area contributed by atoms with E-state index in [-0.39, 0.29) is 6.04 Å². The lowest BCUT2D eigenvalue weighted by Crippen LogP contribution is -2.21. The summed E-state index contributed by atoms with van der Waals surface area (Å²) in [4.78, 5) is 1.30. The minimum atomic E-state index is 0.270. The van der Waals surface area contributed by atoms with E-state index in [9.17, 15) is 0 Å². The predicted molar refractivity (Wildman–Crippen MR) is 85.8 cm³/mol. The molecule has 0 aliphatic rings. The highest BCUT2D eigenvalue weighted by atomic mass is 79.9. The van der Waals surface area contributed by atoms with Gasteiger partial charge < -0.3 is 5.32 Å². The first kappa shape index (κ1) is 14.1. The average Bonchev–Trinajstić information content (AvgIpc) is 2.82. The minimum Gasteiger partial charge on any atom is -0.306 e. The molecule has 0 aliphatic heterocycles. The summed E-state index contributed by atoms with van der Waals surface area (Å²) >= 11 is 7.14. The predicted octanol–water partition coefficient (Wildman–Crippen LogP) is 4.93. The fourth-order valence-electron chi connectivity index (χ4n) is 1.91. The van der Waals surface area contributed by atoms with Crippen molar-refractivity contribution in [3.05, 3.63) is 50.6 Å². The fraction of sp³-hybridized carbons (Fsp3) is 0.286. The van der Waals surface area contributed by atoms with Crippen LogP contribution in [0.15, 0.2) is 44.4 Å². The third-order valence-corrected chi connectivity index (χ3v) is 5.31. The highest BCUT2D eigenvalue weighted by Gasteiger charge is 2.16. The number of thiophene rings is 1. The molecule has 1 atom stereocenters. The Labute approximate surface area is 125 Å². The molecule has 0 bridgehead atoms. The van der Waals surface area contributed by atoms with Crippen LogP contribution >= 0.6 is 39.0 Å². The van der Waals surface area contributed by atoms with Crippen molar-refractivity contribution in [1.29, 1.82) is 0 Å². The van der Waals surface area contributed by atoms with Crippen molar-refractivity contribution >= 4 is 39.0 Å². The zero-order valence-electron chi connectivity index (χ0n) is 10.4. The first-order chi connectivity index (χ1) is 8.76. The smallest absolute Gasteiger partial charge is 0.0596 e. The van der Waals surface area contributed by atoms with E-state index in [1.807, 2.05) is 0 Å². The molecule has 1 heterocycles. The van der Waals surface area contributed by atoms with Crippen LogP contribution in [-0.4, -0.2) is 12.8 Å². The first-order valence-electron chi connectivity index (χ1n) is 5.85. The molecule has 1 nitrogen and oxygen atoms in total. The Bertz CT molecular complexity index is 493. The van der Waals surface area contributed by atoms with Crippen LogP contribution in [0.1, 0.15) is 24.1 Å². The second-order valence-corrected chi connectivity index (χ2v) is 6.42. The third-order valence-electron chi connectivity index (χ3n) is 2.81. The summed E-state index contributed by atoms with van der Waals surface area (Å²) in [5, 5.41) is 7.89. The van der Waals surface area contributed by atoms with Gasteiger partial charge >= 0.3 is 0 Å². The molecule has 0 radical (unpaired) electrons. The van der Waals surface area contributed by atoms with E-state index in [1.165, 1.54) is 20.5 Å². The molecular weight excluding hydrogens is 326 g/mol. The zero-order valence-corrected chi connectivity index (χ0v) is 13.7. The van der Waals surface area contributed by atoms with Crippen LogP contribution in [0.4, 0.5) is 0 Å². The van der Waals surface area contributed by atoms with Crippen molar-refractivity contribution in [3.8, 4) is 0 Å². The maximum Gasteiger partial charge on any atom is 0.0596 e. The second-order valence-electron chi connectivity index (χ2n) is 3.94. The van der Waals surface area contributed by atoms with E-state index in [2.05, 4.69) is 69.5 Å². The molecule has 0 fully saturated rings. The van der Waals surface area contributed by atoms with Crippen molar-refractivity contribution in [3.63, 3.8) is 0 Å². The summed E-state index contributed by atoms with van der Waals surface area (Å²) < 4.78 is 1.19. The Morgan fingerprint density at radius 2 is 2.00 bits per heavy atom. The summed E-state index contributed by atoms with van der Waals surface area (Å²) in [6.07, 6.45) is 2.10. The van der Waals surface area contributed by atoms with E-state index >= 15 is 0 Å². The van der Waals surface area contributed by atoms with Gasteiger partial charge in [-0.15, -0.1) is 11.8 Å². The zero-order chi connectivity index (χ0) is 13.0. The van der Waals surface area contributed by atoms with Gasteiger partial charge in [0.25, 0.3) is 0 Å². The lowest BCUT2D eigenvalue weighted by atomic mass is 10.0. The molecule has 1 N–H and O–H groups in total. The standard InChI is InChI=1S/C14H16BrNS2/c1-3-16-14(12-8-18-9-13(12)15)10-4-6-11(17-2)7-5-10/h4-9,14,16H,3H2,1-2H3. The SMILES string of the molecule is CCNC(c1ccc(SC)cc1)c1cscc1Br. The molecule has 18 heavy (non-hydrogen) atoms. The van der Waals surface area contributed by atoms with Crippen LogP contribution < -0.4 is 5.32 Å². The van der Waals surface area contributed by atoms with Crippen LogP contribution in [0, 0.1) is 0 Å². The molecule has 1 aromatic carbocycles. The summed E-state index contributed by atoms with van der Waals surface area (Å²) in [7, 11) is 0. The highest BCUT2D eigenvalue weighted by molar-refractivity contribution is 9.10. The van der Waals surface area contributed by atoms with E-state index in [0.717, 1.165) is 6.54 Å². The van der Waals surface area contributed by atoms with Gasteiger partial charge in [-0.3, -0.25) is 0 Å². The summed E-state index contributed by atoms with van der Waals surface area (Å²) in [6.45, 7) is 3.10. The molecule has 0 saturated heterocycles. The number of thioether (sulfide) groups is 1. The normalized spacial score (nSPS) is 12.6. The van der Waals surface area contributed by atoms with Crippen LogP contribution in [0.2, 0.25) is 0 Å². The van der Waals surface area contributed by atoms with Gasteiger partial charge in [-0.25, -0.2) is 0 Å². The lowest BCUT2D eigenvalue weighted by molar-refractivity contribution is 0.630. The topological polar surface area (TPSA) is 12.0 Å². The van der Waals surface area contributed by atoms with Gasteiger partial charge in [-0.1, -0.05) is 19.1 Å². The van der Waals surface area contributed by atoms with Gasteiger partial charge in [-0.05, 0) is 57.4 Å². The Morgan fingerprint density at radius 1 is 1.28 bits per heavy atom. The van der Waals surface area contributed by atoms with Gasteiger partial charge in [0.1, 0.15) is 0 Å². The van der Waals surface area contributed by atoms with E-state index in [4.69, 9.17) is 0 Å². The Morgan fingerprint density at radius 3 is 2.50 bits per heavy atom. The number of rotatable bonds is 5. The third kappa shape index (κ3) is 3.18. The quantitative estimate of drug-likeness (QED) is 0.773. The largest absolute Gasteiger partial charge is 0.306 e. The average molecular weight is 342 g/mol. The van der Waals surface area contributed by atoms with E-state index in [0.29, 0.717) is 0 Å². The van der Waals surface area contributed by atoms with Crippen molar-refractivity contribution in [2.75, 3.05) is 12.8 Å². The molecule has 2 aromatic rings. The van der Waals surface area contributed by atoms with Crippen molar-refractivity contribution in [1.82, 2.24) is 5.32 Å². The van der Waals surface area contributed by atoms with Gasteiger partial charge in [0.15, 0.2) is 0 Å². The van der Waals surface area contributed by atoms with Crippen molar-refractivity contribution < 1.29 is 0 Å². The van der Waals surface area contributed by atoms with Gasteiger partial charge in [0, 0.05) is 14.7 Å². The first-order valence-corrected chi connectivity index (χ1v) is 8.81. The Kier molecular flexibility index (Phi) is 5.30. The van der Waals surface area contributed by atoms with Crippen LogP contribution in [0.5, 0.6) is 0 Å². The van der Waals surface area contributed by atoms with Crippen LogP contribution in [0.3, 0.4) is 0 Å². The molecule has 1 unspecified atom stereocenters. The monoisotopic (exact) mass is 341 g/mol. The summed E-state index contributed by atoms with van der Waals surface area (Å²) in [5.41, 5.74) is 2.63. The molecular formula is C14H16BrNS2. The number of hydrogen-bond acceptors (Lipinski definition) is 3. The van der Waals surface area contributed by atoms with Gasteiger partial charge in [-0.2, -0.15) is 11.3 Å². The van der Waals surface area contributed by atoms with Crippen LogP contribution in [0.25, 0.3) is 0 Å². The molecule has 96 valence electrons. The molecule has 1 aromatic heterocycles. The molecule has 0 saturated carbocycles. The van der Waals surface area contributed by atoms with Crippen molar-refractivity contribution in [2.24, 2.45) is 0 Å². The van der Waals surface area contributed by atoms with E-state index in [1.54, 1.807) is 23.1 Å². The number of benzene rings is 1. The van der Waals surface area contributed by atoms with Gasteiger partial charge in [0.2, 0.25) is 0 Å². The second kappa shape index (κ2) is 6.75. The van der Waals surface area contributed by atoms with Crippen LogP contribution in [-0.2, 0) is 0 Å². The number of hydrogen-bond donors (Lipinski definition) is 1. The van der Waals surface area contributed by atoms with E-state index < -0.39 is 0 Å². The highest BCUT2D eigenvalue weighted by Crippen LogP contribution is 2.32. The van der Waals surface area contributed by atoms with Gasteiger partial charge in [0.05, 0.1) is 6.04 Å². The number of halogens is 1. The fourth-order valence-corrected chi connectivity index (χ4v) is 3.87. The Hall–Kier alpha value is -0.290. The summed E-state index contributed by atoms with van der Waals surface area (Å²) in [6, 6.07) is 9.06. The molecule has 4 heteroatoms. The Balaban J connectivity index is 2.32. The molecule has 0 spiro atoms. The minimum absolute atomic E-state index is 0.270. The molecule has 2 rings (SSSR count). The maximum absolute atomic E-state index is 3.63. The lowest BCUT2D eigenvalue weighted by Gasteiger charge is -2.18.